The third kappa shape index (κ3) is 3.80. The van der Waals surface area contributed by atoms with Crippen LogP contribution in [0.4, 0.5) is 11.8 Å². The number of H-pyrrole nitrogens is 1. The summed E-state index contributed by atoms with van der Waals surface area (Å²) in [5, 5.41) is 14.0. The number of ether oxygens (including phenoxy) is 1. The van der Waals surface area contributed by atoms with Gasteiger partial charge < -0.3 is 15.4 Å². The third-order valence-electron chi connectivity index (χ3n) is 2.93. The Balaban J connectivity index is 1.84. The minimum atomic E-state index is 0.573. The molecule has 0 saturated heterocycles. The fourth-order valence-corrected chi connectivity index (χ4v) is 1.81. The molecular weight excluding hydrogens is 256 g/mol. The van der Waals surface area contributed by atoms with Crippen LogP contribution in [0.1, 0.15) is 26.2 Å². The molecule has 110 valence electrons. The molecule has 0 aromatic carbocycles. The van der Waals surface area contributed by atoms with Crippen molar-refractivity contribution in [3.63, 3.8) is 0 Å². The first-order valence-corrected chi connectivity index (χ1v) is 7.05. The molecule has 0 radical (unpaired) electrons. The second-order valence-electron chi connectivity index (χ2n) is 4.52. The Hall–Kier alpha value is -1.89. The second-order valence-corrected chi connectivity index (χ2v) is 4.52. The fraction of sp³-hybridized carbons (Fsp3) is 0.615. The van der Waals surface area contributed by atoms with Crippen LogP contribution in [-0.2, 0) is 4.74 Å². The lowest BCUT2D eigenvalue weighted by atomic mass is 10.3. The van der Waals surface area contributed by atoms with Gasteiger partial charge in [-0.2, -0.15) is 15.1 Å². The van der Waals surface area contributed by atoms with E-state index in [4.69, 9.17) is 4.74 Å². The third-order valence-corrected chi connectivity index (χ3v) is 2.93. The first-order chi connectivity index (χ1) is 9.85. The molecule has 0 bridgehead atoms. The van der Waals surface area contributed by atoms with E-state index in [2.05, 4.69) is 37.7 Å². The molecule has 2 rings (SSSR count). The van der Waals surface area contributed by atoms with E-state index in [9.17, 15) is 0 Å². The zero-order chi connectivity index (χ0) is 14.2. The Bertz CT molecular complexity index is 527. The Morgan fingerprint density at radius 1 is 1.25 bits per heavy atom. The number of hydrogen-bond donors (Lipinski definition) is 3. The van der Waals surface area contributed by atoms with Gasteiger partial charge in [-0.05, 0) is 12.8 Å². The van der Waals surface area contributed by atoms with Crippen molar-refractivity contribution in [3.05, 3.63) is 6.20 Å². The largest absolute Gasteiger partial charge is 0.381 e. The molecule has 0 atom stereocenters. The highest BCUT2D eigenvalue weighted by Crippen LogP contribution is 2.19. The molecule has 2 aromatic rings. The van der Waals surface area contributed by atoms with Crippen LogP contribution in [0.15, 0.2) is 6.20 Å². The molecule has 7 nitrogen and oxygen atoms in total. The van der Waals surface area contributed by atoms with E-state index in [-0.39, 0.29) is 0 Å². The van der Waals surface area contributed by atoms with Crippen molar-refractivity contribution >= 4 is 22.8 Å². The van der Waals surface area contributed by atoms with E-state index < -0.39 is 0 Å². The van der Waals surface area contributed by atoms with Gasteiger partial charge in [-0.3, -0.25) is 5.10 Å². The summed E-state index contributed by atoms with van der Waals surface area (Å²) >= 11 is 0. The molecule has 0 fully saturated rings. The molecule has 2 heterocycles. The van der Waals surface area contributed by atoms with E-state index in [0.29, 0.717) is 5.95 Å². The minimum absolute atomic E-state index is 0.573. The Morgan fingerprint density at radius 2 is 2.10 bits per heavy atom. The van der Waals surface area contributed by atoms with E-state index in [1.165, 1.54) is 6.42 Å². The monoisotopic (exact) mass is 278 g/mol. The SMILES string of the molecule is CCCCOCCCNc1nc(NC)nc2[nH]ncc12. The number of nitrogens with one attached hydrogen (secondary N) is 3. The molecule has 0 spiro atoms. The first-order valence-electron chi connectivity index (χ1n) is 7.05. The van der Waals surface area contributed by atoms with Gasteiger partial charge in [0.05, 0.1) is 11.6 Å². The summed E-state index contributed by atoms with van der Waals surface area (Å²) in [6.45, 7) is 4.59. The smallest absolute Gasteiger partial charge is 0.226 e. The summed E-state index contributed by atoms with van der Waals surface area (Å²) in [6, 6.07) is 0. The number of aromatic nitrogens is 4. The van der Waals surface area contributed by atoms with Gasteiger partial charge in [-0.1, -0.05) is 13.3 Å². The lowest BCUT2D eigenvalue weighted by Gasteiger charge is -2.08. The summed E-state index contributed by atoms with van der Waals surface area (Å²) in [7, 11) is 1.79. The predicted octanol–water partition coefficient (Wildman–Crippen LogP) is 2.01. The van der Waals surface area contributed by atoms with Gasteiger partial charge in [-0.15, -0.1) is 0 Å². The van der Waals surface area contributed by atoms with Gasteiger partial charge in [0.15, 0.2) is 5.65 Å². The van der Waals surface area contributed by atoms with Crippen LogP contribution in [0, 0.1) is 0 Å². The Kier molecular flexibility index (Phi) is 5.55. The number of nitrogens with zero attached hydrogens (tertiary/aromatic N) is 3. The Morgan fingerprint density at radius 3 is 2.90 bits per heavy atom. The van der Waals surface area contributed by atoms with Crippen molar-refractivity contribution in [2.45, 2.75) is 26.2 Å². The molecule has 0 amide bonds. The van der Waals surface area contributed by atoms with Crippen molar-refractivity contribution in [2.24, 2.45) is 0 Å². The molecule has 0 aliphatic carbocycles. The Labute approximate surface area is 118 Å². The van der Waals surface area contributed by atoms with Crippen LogP contribution >= 0.6 is 0 Å². The van der Waals surface area contributed by atoms with Crippen molar-refractivity contribution in [3.8, 4) is 0 Å². The predicted molar refractivity (Wildman–Crippen MR) is 80.1 cm³/mol. The molecule has 0 saturated carbocycles. The van der Waals surface area contributed by atoms with E-state index in [1.54, 1.807) is 13.2 Å². The lowest BCUT2D eigenvalue weighted by molar-refractivity contribution is 0.131. The maximum atomic E-state index is 5.53. The standard InChI is InChI=1S/C13H22N6O/c1-3-4-7-20-8-5-6-15-11-10-9-16-19-12(10)18-13(14-2)17-11/h9H,3-8H2,1-2H3,(H3,14,15,16,17,18,19). The second kappa shape index (κ2) is 7.64. The van der Waals surface area contributed by atoms with Crippen LogP contribution in [-0.4, -0.2) is 47.0 Å². The molecule has 0 aliphatic rings. The van der Waals surface area contributed by atoms with Crippen LogP contribution in [0.25, 0.3) is 11.0 Å². The van der Waals surface area contributed by atoms with Crippen molar-refractivity contribution < 1.29 is 4.74 Å². The number of unbranched alkanes of at least 4 members (excludes halogenated alkanes) is 1. The molecule has 7 heteroatoms. The highest BCUT2D eigenvalue weighted by Gasteiger charge is 2.07. The van der Waals surface area contributed by atoms with Gasteiger partial charge in [-0.25, -0.2) is 0 Å². The van der Waals surface area contributed by atoms with Gasteiger partial charge in [0, 0.05) is 26.8 Å². The van der Waals surface area contributed by atoms with Gasteiger partial charge >= 0.3 is 0 Å². The van der Waals surface area contributed by atoms with Gasteiger partial charge in [0.2, 0.25) is 5.95 Å². The lowest BCUT2D eigenvalue weighted by Crippen LogP contribution is -2.09. The van der Waals surface area contributed by atoms with E-state index in [1.807, 2.05) is 0 Å². The average Bonchev–Trinajstić information content (AvgIpc) is 2.94. The summed E-state index contributed by atoms with van der Waals surface area (Å²) in [4.78, 5) is 8.69. The van der Waals surface area contributed by atoms with E-state index in [0.717, 1.165) is 49.5 Å². The number of aromatic amines is 1. The summed E-state index contributed by atoms with van der Waals surface area (Å²) in [5.41, 5.74) is 0.728. The maximum absolute atomic E-state index is 5.53. The molecule has 0 unspecified atom stereocenters. The highest BCUT2D eigenvalue weighted by atomic mass is 16.5. The summed E-state index contributed by atoms with van der Waals surface area (Å²) < 4.78 is 5.53. The average molecular weight is 278 g/mol. The minimum Gasteiger partial charge on any atom is -0.381 e. The topological polar surface area (TPSA) is 87.8 Å². The summed E-state index contributed by atoms with van der Waals surface area (Å²) in [6.07, 6.45) is 4.97. The van der Waals surface area contributed by atoms with Crippen molar-refractivity contribution in [1.29, 1.82) is 0 Å². The van der Waals surface area contributed by atoms with Crippen molar-refractivity contribution in [1.82, 2.24) is 20.2 Å². The van der Waals surface area contributed by atoms with Gasteiger partial charge in [0.25, 0.3) is 0 Å². The molecule has 2 aromatic heterocycles. The van der Waals surface area contributed by atoms with Gasteiger partial charge in [0.1, 0.15) is 5.82 Å². The number of anilines is 2. The van der Waals surface area contributed by atoms with Crippen molar-refractivity contribution in [2.75, 3.05) is 37.4 Å². The number of rotatable bonds is 9. The highest BCUT2D eigenvalue weighted by molar-refractivity contribution is 5.86. The van der Waals surface area contributed by atoms with Crippen LogP contribution in [0.5, 0.6) is 0 Å². The molecule has 20 heavy (non-hydrogen) atoms. The van der Waals surface area contributed by atoms with E-state index >= 15 is 0 Å². The molecular formula is C13H22N6O. The maximum Gasteiger partial charge on any atom is 0.226 e. The quantitative estimate of drug-likeness (QED) is 0.608. The number of hydrogen-bond acceptors (Lipinski definition) is 6. The zero-order valence-corrected chi connectivity index (χ0v) is 12.1. The van der Waals surface area contributed by atoms with Crippen LogP contribution in [0.3, 0.4) is 0 Å². The molecule has 0 aliphatic heterocycles. The summed E-state index contributed by atoms with van der Waals surface area (Å²) in [5.74, 6) is 1.37. The zero-order valence-electron chi connectivity index (χ0n) is 12.1. The first kappa shape index (κ1) is 14.5. The molecule has 3 N–H and O–H groups in total. The van der Waals surface area contributed by atoms with Crippen LogP contribution in [0.2, 0.25) is 0 Å². The fourth-order valence-electron chi connectivity index (χ4n) is 1.81. The normalized spacial score (nSPS) is 10.9. The number of fused-ring (bicyclic) bond motifs is 1. The van der Waals surface area contributed by atoms with Crippen LogP contribution < -0.4 is 10.6 Å².